The summed E-state index contributed by atoms with van der Waals surface area (Å²) in [5, 5.41) is 15.6. The molecule has 1 aliphatic carbocycles. The fourth-order valence-electron chi connectivity index (χ4n) is 5.65. The standard InChI is InChI=1S/C27H31FN4O4/c1-16-12-17(2)32-26(29-16)30-24(31-32)14-20-22(33)15-27(36-25(20)34,19-6-4-5-7-19)11-10-18-8-9-23(35-3)21(28)13-18/h8-9,12-13,19,33H,4-7,10-11,14-15H2,1-3H3. The Bertz CT molecular complexity index is 1350. The van der Waals surface area contributed by atoms with Crippen LogP contribution in [-0.2, 0) is 22.4 Å². The summed E-state index contributed by atoms with van der Waals surface area (Å²) in [4.78, 5) is 22.1. The van der Waals surface area contributed by atoms with Crippen molar-refractivity contribution in [1.82, 2.24) is 19.6 Å². The molecule has 1 aromatic carbocycles. The molecule has 1 unspecified atom stereocenters. The number of ether oxygens (including phenoxy) is 2. The lowest BCUT2D eigenvalue weighted by atomic mass is 9.76. The molecule has 1 atom stereocenters. The van der Waals surface area contributed by atoms with Crippen molar-refractivity contribution in [3.8, 4) is 5.75 Å². The van der Waals surface area contributed by atoms with Crippen molar-refractivity contribution in [2.45, 2.75) is 70.8 Å². The van der Waals surface area contributed by atoms with Gasteiger partial charge in [0.05, 0.1) is 12.7 Å². The van der Waals surface area contributed by atoms with Crippen LogP contribution in [0.4, 0.5) is 4.39 Å². The van der Waals surface area contributed by atoms with E-state index in [9.17, 15) is 14.3 Å². The van der Waals surface area contributed by atoms with Crippen LogP contribution in [0, 0.1) is 25.6 Å². The number of benzene rings is 1. The molecule has 2 aromatic heterocycles. The Balaban J connectivity index is 1.40. The molecule has 190 valence electrons. The molecule has 1 aliphatic heterocycles. The first-order chi connectivity index (χ1) is 17.3. The van der Waals surface area contributed by atoms with E-state index in [1.807, 2.05) is 26.0 Å². The number of cyclic esters (lactones) is 1. The van der Waals surface area contributed by atoms with Gasteiger partial charge in [-0.3, -0.25) is 0 Å². The maximum Gasteiger partial charge on any atom is 0.338 e. The molecule has 3 heterocycles. The van der Waals surface area contributed by atoms with Gasteiger partial charge in [0, 0.05) is 24.2 Å². The van der Waals surface area contributed by atoms with Crippen molar-refractivity contribution in [1.29, 1.82) is 0 Å². The minimum atomic E-state index is -0.820. The number of methoxy groups -OCH3 is 1. The summed E-state index contributed by atoms with van der Waals surface area (Å²) in [6.07, 6.45) is 5.33. The average molecular weight is 495 g/mol. The normalized spacial score (nSPS) is 20.8. The second-order valence-corrected chi connectivity index (χ2v) is 9.96. The van der Waals surface area contributed by atoms with Gasteiger partial charge in [0.25, 0.3) is 5.78 Å². The lowest BCUT2D eigenvalue weighted by Gasteiger charge is -2.41. The quantitative estimate of drug-likeness (QED) is 0.473. The molecule has 1 N–H and O–H groups in total. The molecule has 1 saturated carbocycles. The highest BCUT2D eigenvalue weighted by molar-refractivity contribution is 5.90. The fraction of sp³-hybridized carbons (Fsp3) is 0.481. The first-order valence-corrected chi connectivity index (χ1v) is 12.4. The third kappa shape index (κ3) is 4.54. The first-order valence-electron chi connectivity index (χ1n) is 12.4. The van der Waals surface area contributed by atoms with Gasteiger partial charge in [-0.05, 0) is 69.2 Å². The van der Waals surface area contributed by atoms with Crippen molar-refractivity contribution in [2.75, 3.05) is 7.11 Å². The van der Waals surface area contributed by atoms with Gasteiger partial charge in [0.2, 0.25) is 0 Å². The zero-order valence-electron chi connectivity index (χ0n) is 20.9. The highest BCUT2D eigenvalue weighted by atomic mass is 19.1. The number of rotatable bonds is 7. The smallest absolute Gasteiger partial charge is 0.338 e. The van der Waals surface area contributed by atoms with E-state index in [1.54, 1.807) is 10.6 Å². The lowest BCUT2D eigenvalue weighted by Crippen LogP contribution is -2.46. The number of fused-ring (bicyclic) bond motifs is 1. The van der Waals surface area contributed by atoms with Gasteiger partial charge in [0.1, 0.15) is 11.4 Å². The predicted molar refractivity (Wildman–Crippen MR) is 130 cm³/mol. The van der Waals surface area contributed by atoms with E-state index in [2.05, 4.69) is 15.1 Å². The molecule has 0 bridgehead atoms. The number of esters is 1. The van der Waals surface area contributed by atoms with Crippen LogP contribution in [0.2, 0.25) is 0 Å². The van der Waals surface area contributed by atoms with E-state index in [4.69, 9.17) is 9.47 Å². The van der Waals surface area contributed by atoms with Gasteiger partial charge >= 0.3 is 5.97 Å². The third-order valence-electron chi connectivity index (χ3n) is 7.51. The van der Waals surface area contributed by atoms with E-state index < -0.39 is 17.4 Å². The van der Waals surface area contributed by atoms with Crippen LogP contribution in [0.25, 0.3) is 5.78 Å². The Hall–Kier alpha value is -3.49. The molecule has 9 heteroatoms. The monoisotopic (exact) mass is 494 g/mol. The predicted octanol–water partition coefficient (Wildman–Crippen LogP) is 4.75. The Morgan fingerprint density at radius 2 is 2.00 bits per heavy atom. The van der Waals surface area contributed by atoms with Gasteiger partial charge < -0.3 is 14.6 Å². The average Bonchev–Trinajstić information content (AvgIpc) is 3.51. The van der Waals surface area contributed by atoms with Gasteiger partial charge in [-0.1, -0.05) is 18.9 Å². The highest BCUT2D eigenvalue weighted by Gasteiger charge is 2.48. The molecule has 8 nitrogen and oxygen atoms in total. The molecule has 0 radical (unpaired) electrons. The molecule has 1 fully saturated rings. The minimum absolute atomic E-state index is 0.0266. The second kappa shape index (κ2) is 9.52. The van der Waals surface area contributed by atoms with Crippen molar-refractivity contribution in [3.05, 3.63) is 64.2 Å². The van der Waals surface area contributed by atoms with Crippen LogP contribution >= 0.6 is 0 Å². The summed E-state index contributed by atoms with van der Waals surface area (Å²) in [7, 11) is 1.43. The molecule has 2 aliphatic rings. The van der Waals surface area contributed by atoms with E-state index in [0.29, 0.717) is 24.4 Å². The Labute approximate surface area is 209 Å². The number of hydrogen-bond donors (Lipinski definition) is 1. The van der Waals surface area contributed by atoms with Crippen LogP contribution in [0.1, 0.15) is 61.3 Å². The first kappa shape index (κ1) is 24.2. The van der Waals surface area contributed by atoms with Gasteiger partial charge in [0.15, 0.2) is 17.4 Å². The largest absolute Gasteiger partial charge is 0.512 e. The van der Waals surface area contributed by atoms with Crippen molar-refractivity contribution in [3.63, 3.8) is 0 Å². The summed E-state index contributed by atoms with van der Waals surface area (Å²) in [6.45, 7) is 3.80. The number of halogens is 1. The number of aryl methyl sites for hydroxylation is 3. The molecular weight excluding hydrogens is 463 g/mol. The Morgan fingerprint density at radius 1 is 1.22 bits per heavy atom. The number of aliphatic hydroxyl groups is 1. The lowest BCUT2D eigenvalue weighted by molar-refractivity contribution is -0.167. The number of hydrogen-bond acceptors (Lipinski definition) is 7. The van der Waals surface area contributed by atoms with Crippen LogP contribution in [-0.4, -0.2) is 43.4 Å². The number of aromatic nitrogens is 4. The van der Waals surface area contributed by atoms with Crippen molar-refractivity contribution in [2.24, 2.45) is 5.92 Å². The van der Waals surface area contributed by atoms with E-state index in [1.165, 1.54) is 13.2 Å². The van der Waals surface area contributed by atoms with E-state index >= 15 is 0 Å². The minimum Gasteiger partial charge on any atom is -0.512 e. The Morgan fingerprint density at radius 3 is 2.69 bits per heavy atom. The molecular formula is C27H31FN4O4. The summed E-state index contributed by atoms with van der Waals surface area (Å²) in [5.41, 5.74) is 1.87. The van der Waals surface area contributed by atoms with Gasteiger partial charge in [-0.2, -0.15) is 4.98 Å². The van der Waals surface area contributed by atoms with Gasteiger partial charge in [-0.15, -0.1) is 5.10 Å². The highest BCUT2D eigenvalue weighted by Crippen LogP contribution is 2.46. The maximum absolute atomic E-state index is 14.2. The third-order valence-corrected chi connectivity index (χ3v) is 7.51. The number of carbonyl (C=O) groups excluding carboxylic acids is 1. The number of nitrogens with zero attached hydrogens (tertiary/aromatic N) is 4. The maximum atomic E-state index is 14.2. The molecule has 36 heavy (non-hydrogen) atoms. The number of carbonyl (C=O) groups is 1. The zero-order valence-corrected chi connectivity index (χ0v) is 20.9. The van der Waals surface area contributed by atoms with Crippen molar-refractivity contribution >= 4 is 11.7 Å². The molecule has 5 rings (SSSR count). The topological polar surface area (TPSA) is 98.8 Å². The number of aliphatic hydroxyl groups excluding tert-OH is 1. The van der Waals surface area contributed by atoms with Crippen LogP contribution in [0.15, 0.2) is 35.6 Å². The zero-order chi connectivity index (χ0) is 25.4. The summed E-state index contributed by atoms with van der Waals surface area (Å²) < 4.78 is 27.1. The molecule has 0 saturated heterocycles. The van der Waals surface area contributed by atoms with E-state index in [-0.39, 0.29) is 35.8 Å². The van der Waals surface area contributed by atoms with E-state index in [0.717, 1.165) is 42.6 Å². The van der Waals surface area contributed by atoms with Crippen LogP contribution in [0.3, 0.4) is 0 Å². The van der Waals surface area contributed by atoms with Gasteiger partial charge in [-0.25, -0.2) is 18.7 Å². The van der Waals surface area contributed by atoms with Crippen LogP contribution < -0.4 is 4.74 Å². The molecule has 0 amide bonds. The molecule has 0 spiro atoms. The summed E-state index contributed by atoms with van der Waals surface area (Å²) in [5.74, 6) is 0.271. The summed E-state index contributed by atoms with van der Waals surface area (Å²) >= 11 is 0. The van der Waals surface area contributed by atoms with Crippen molar-refractivity contribution < 1.29 is 23.8 Å². The molecule has 3 aromatic rings. The fourth-order valence-corrected chi connectivity index (χ4v) is 5.65. The summed E-state index contributed by atoms with van der Waals surface area (Å²) in [6, 6.07) is 6.79. The SMILES string of the molecule is COc1ccc(CCC2(C3CCCC3)CC(O)=C(Cc3nc4nc(C)cc(C)n4n3)C(=O)O2)cc1F. The Kier molecular flexibility index (Phi) is 6.40. The second-order valence-electron chi connectivity index (χ2n) is 9.96. The van der Waals surface area contributed by atoms with Crippen LogP contribution in [0.5, 0.6) is 5.75 Å².